The first-order valence-electron chi connectivity index (χ1n) is 19.6. The van der Waals surface area contributed by atoms with E-state index in [1.165, 1.54) is 60.7 Å². The Bertz CT molecular complexity index is 3470. The van der Waals surface area contributed by atoms with Gasteiger partial charge in [0.2, 0.25) is 0 Å². The molecule has 0 spiro atoms. The molecule has 65 heavy (non-hydrogen) atoms. The Morgan fingerprint density at radius 1 is 0.662 bits per heavy atom. The molecule has 16 heteroatoms. The number of carbonyl (C=O) groups excluding carboxylic acids is 2. The van der Waals surface area contributed by atoms with Crippen LogP contribution in [-0.4, -0.2) is 70.8 Å². The van der Waals surface area contributed by atoms with E-state index in [0.29, 0.717) is 39.0 Å². The lowest BCUT2D eigenvalue weighted by Gasteiger charge is -2.19. The fraction of sp³-hybridized carbons (Fsp3) is 0.0816. The number of anilines is 1. The normalized spacial score (nSPS) is 11.0. The number of fused-ring (bicyclic) bond motifs is 4. The molecular weight excluding hydrogens is 837 g/mol. The highest BCUT2D eigenvalue weighted by Gasteiger charge is 2.26. The van der Waals surface area contributed by atoms with Crippen LogP contribution in [0.1, 0.15) is 47.0 Å². The maximum Gasteiger partial charge on any atom is 0.336 e. The molecule has 0 bridgehead atoms. The van der Waals surface area contributed by atoms with Gasteiger partial charge in [-0.05, 0) is 89.8 Å². The van der Waals surface area contributed by atoms with Crippen LogP contribution in [-0.2, 0) is 11.3 Å². The molecule has 4 aromatic rings. The number of carboxylic acids is 3. The molecule has 16 nitrogen and oxygen atoms in total. The van der Waals surface area contributed by atoms with Gasteiger partial charge in [-0.25, -0.2) is 14.4 Å². The zero-order chi connectivity index (χ0) is 46.3. The Balaban J connectivity index is 1.03. The number of amides is 2. The minimum Gasteiger partial charge on any atom is -0.507 e. The van der Waals surface area contributed by atoms with Crippen molar-refractivity contribution in [2.75, 3.05) is 25.5 Å². The van der Waals surface area contributed by atoms with E-state index >= 15 is 0 Å². The van der Waals surface area contributed by atoms with Crippen LogP contribution in [0.2, 0.25) is 0 Å². The van der Waals surface area contributed by atoms with E-state index < -0.39 is 35.2 Å². The Morgan fingerprint density at radius 2 is 1.28 bits per heavy atom. The number of phenols is 1. The molecule has 2 aliphatic carbocycles. The molecule has 0 unspecified atom stereocenters. The molecule has 8 rings (SSSR count). The summed E-state index contributed by atoms with van der Waals surface area (Å²) in [6, 6.07) is 24.8. The quantitative estimate of drug-likeness (QED) is 0.0574. The van der Waals surface area contributed by atoms with Gasteiger partial charge in [0.15, 0.2) is 5.43 Å². The van der Waals surface area contributed by atoms with E-state index in [0.717, 1.165) is 11.8 Å². The SMILES string of the molecule is CN(C)c1ccc2c(-c3ccc(C(=O)NCC#CC(=O)NCc4c(O)ccc5c(-c6ccc(C(=O)O)cc6C(=O)O)c6ccc(=O)cc-6oc45)cc3C(=O)O)c3ccc(=N)cc-3oc2c1. The van der Waals surface area contributed by atoms with Crippen LogP contribution in [0.25, 0.3) is 66.8 Å². The number of carbonyl (C=O) groups is 5. The summed E-state index contributed by atoms with van der Waals surface area (Å²) < 4.78 is 12.3. The second-order valence-electron chi connectivity index (χ2n) is 14.9. The number of hydrogen-bond donors (Lipinski definition) is 7. The summed E-state index contributed by atoms with van der Waals surface area (Å²) in [5.74, 6) is -0.573. The summed E-state index contributed by atoms with van der Waals surface area (Å²) in [7, 11) is 3.74. The minimum atomic E-state index is -1.42. The van der Waals surface area contributed by atoms with Crippen molar-refractivity contribution >= 4 is 57.3 Å². The Morgan fingerprint density at radius 3 is 1.95 bits per heavy atom. The fourth-order valence-electron chi connectivity index (χ4n) is 7.60. The van der Waals surface area contributed by atoms with Gasteiger partial charge in [0.25, 0.3) is 11.8 Å². The molecule has 4 aliphatic rings. The number of aromatic hydroxyl groups is 1. The molecule has 0 saturated carbocycles. The molecule has 4 aromatic carbocycles. The van der Waals surface area contributed by atoms with Crippen LogP contribution in [0.15, 0.2) is 117 Å². The Labute approximate surface area is 366 Å². The predicted octanol–water partition coefficient (Wildman–Crippen LogP) is 6.48. The molecule has 0 fully saturated rings. The van der Waals surface area contributed by atoms with Crippen LogP contribution >= 0.6 is 0 Å². The van der Waals surface area contributed by atoms with Crippen molar-refractivity contribution in [3.63, 3.8) is 0 Å². The van der Waals surface area contributed by atoms with Gasteiger partial charge in [0, 0.05) is 76.6 Å². The fourth-order valence-corrected chi connectivity index (χ4v) is 7.60. The molecule has 7 N–H and O–H groups in total. The smallest absolute Gasteiger partial charge is 0.336 e. The number of nitrogens with zero attached hydrogens (tertiary/aromatic N) is 1. The third-order valence-corrected chi connectivity index (χ3v) is 10.7. The van der Waals surface area contributed by atoms with E-state index in [-0.39, 0.29) is 79.9 Å². The van der Waals surface area contributed by atoms with Gasteiger partial charge in [-0.3, -0.25) is 14.4 Å². The molecule has 2 heterocycles. The van der Waals surface area contributed by atoms with Crippen molar-refractivity contribution in [1.82, 2.24) is 10.6 Å². The highest BCUT2D eigenvalue weighted by atomic mass is 16.4. The van der Waals surface area contributed by atoms with E-state index in [2.05, 4.69) is 22.5 Å². The lowest BCUT2D eigenvalue weighted by molar-refractivity contribution is -0.115. The largest absolute Gasteiger partial charge is 0.507 e. The summed E-state index contributed by atoms with van der Waals surface area (Å²) in [6.07, 6.45) is 0. The minimum absolute atomic E-state index is 0.00637. The first-order chi connectivity index (χ1) is 31.1. The lowest BCUT2D eigenvalue weighted by Crippen LogP contribution is -2.25. The molecule has 2 aliphatic heterocycles. The van der Waals surface area contributed by atoms with Gasteiger partial charge in [-0.15, -0.1) is 0 Å². The summed E-state index contributed by atoms with van der Waals surface area (Å²) in [5, 5.41) is 55.3. The molecule has 0 aromatic heterocycles. The van der Waals surface area contributed by atoms with Crippen molar-refractivity contribution in [1.29, 1.82) is 5.41 Å². The second-order valence-corrected chi connectivity index (χ2v) is 14.9. The van der Waals surface area contributed by atoms with Crippen molar-refractivity contribution in [3.05, 3.63) is 147 Å². The predicted molar refractivity (Wildman–Crippen MR) is 237 cm³/mol. The van der Waals surface area contributed by atoms with E-state index in [9.17, 15) is 49.2 Å². The van der Waals surface area contributed by atoms with Crippen molar-refractivity contribution in [3.8, 4) is 62.5 Å². The van der Waals surface area contributed by atoms with E-state index in [1.807, 2.05) is 37.2 Å². The number of phenolic OH excluding ortho intramolecular Hbond substituents is 1. The highest BCUT2D eigenvalue weighted by molar-refractivity contribution is 6.11. The number of hydrogen-bond acceptors (Lipinski definition) is 11. The Kier molecular flexibility index (Phi) is 11.0. The standard InChI is InChI=1S/C49H34N4O12/c1-53(2)27-8-13-32-40(21-27)64-39-20-26(50)7-12-31(39)43(32)29-10-5-24(18-35(29)48(60)61)46(57)51-17-3-4-42(56)52-23-37-38(55)16-15-34-44(33-14-9-28(54)22-41(33)65-45(34)37)30-11-6-25(47(58)59)19-36(30)49(62)63/h5-16,18-22,50,55H,17,23H2,1-2H3,(H,51,57)(H,52,56)(H,58,59)(H,60,61)(H,62,63). The van der Waals surface area contributed by atoms with Gasteiger partial charge < -0.3 is 50.2 Å². The van der Waals surface area contributed by atoms with Crippen LogP contribution < -0.4 is 26.3 Å². The van der Waals surface area contributed by atoms with Gasteiger partial charge in [-0.2, -0.15) is 0 Å². The van der Waals surface area contributed by atoms with E-state index in [1.54, 1.807) is 18.2 Å². The second kappa shape index (κ2) is 16.9. The zero-order valence-corrected chi connectivity index (χ0v) is 34.2. The van der Waals surface area contributed by atoms with Gasteiger partial charge in [0.05, 0.1) is 40.7 Å². The van der Waals surface area contributed by atoms with Crippen LogP contribution in [0.5, 0.6) is 5.75 Å². The lowest BCUT2D eigenvalue weighted by atomic mass is 9.89. The first-order valence-corrected chi connectivity index (χ1v) is 19.6. The molecule has 0 saturated heterocycles. The molecular formula is C49H34N4O12. The summed E-state index contributed by atoms with van der Waals surface area (Å²) in [6.45, 7) is -0.673. The van der Waals surface area contributed by atoms with Crippen LogP contribution in [0.4, 0.5) is 5.69 Å². The van der Waals surface area contributed by atoms with Crippen molar-refractivity contribution in [2.45, 2.75) is 6.54 Å². The summed E-state index contributed by atoms with van der Waals surface area (Å²) >= 11 is 0. The number of carboxylic acid groups (broad SMARTS) is 3. The third kappa shape index (κ3) is 8.15. The maximum absolute atomic E-state index is 13.3. The van der Waals surface area contributed by atoms with Crippen molar-refractivity contribution < 1.29 is 53.2 Å². The molecule has 322 valence electrons. The van der Waals surface area contributed by atoms with Gasteiger partial charge >= 0.3 is 17.9 Å². The average Bonchev–Trinajstić information content (AvgIpc) is 3.27. The summed E-state index contributed by atoms with van der Waals surface area (Å²) in [5.41, 5.74) is 2.27. The molecule has 0 atom stereocenters. The van der Waals surface area contributed by atoms with E-state index in [4.69, 9.17) is 14.2 Å². The zero-order valence-electron chi connectivity index (χ0n) is 34.2. The monoisotopic (exact) mass is 870 g/mol. The summed E-state index contributed by atoms with van der Waals surface area (Å²) in [4.78, 5) is 77.3. The third-order valence-electron chi connectivity index (χ3n) is 10.7. The number of benzene rings is 6. The Hall–Kier alpha value is -9.23. The highest BCUT2D eigenvalue weighted by Crippen LogP contribution is 2.45. The van der Waals surface area contributed by atoms with Crippen LogP contribution in [0.3, 0.4) is 0 Å². The number of nitrogens with one attached hydrogen (secondary N) is 3. The number of aromatic carboxylic acids is 3. The number of rotatable bonds is 10. The van der Waals surface area contributed by atoms with Crippen LogP contribution in [0, 0.1) is 17.3 Å². The van der Waals surface area contributed by atoms with Gasteiger partial charge in [-0.1, -0.05) is 18.1 Å². The maximum atomic E-state index is 13.3. The molecule has 0 radical (unpaired) electrons. The van der Waals surface area contributed by atoms with Crippen molar-refractivity contribution in [2.24, 2.45) is 0 Å². The average molecular weight is 871 g/mol. The van der Waals surface area contributed by atoms with Gasteiger partial charge in [0.1, 0.15) is 28.4 Å². The first kappa shape index (κ1) is 42.5. The molecule has 2 amide bonds. The topological polar surface area (TPSA) is 261 Å².